The molecule has 0 aliphatic carbocycles. The van der Waals surface area contributed by atoms with Gasteiger partial charge in [-0.25, -0.2) is 4.98 Å². The maximum Gasteiger partial charge on any atom is 0.220 e. The van der Waals surface area contributed by atoms with Crippen LogP contribution in [-0.2, 0) is 4.79 Å². The van der Waals surface area contributed by atoms with E-state index in [9.17, 15) is 15.0 Å². The zero-order valence-electron chi connectivity index (χ0n) is 11.5. The summed E-state index contributed by atoms with van der Waals surface area (Å²) in [7, 11) is 0. The quantitative estimate of drug-likeness (QED) is 0.655. The van der Waals surface area contributed by atoms with Crippen molar-refractivity contribution in [1.29, 1.82) is 0 Å². The SMILES string of the molecule is Cc1sc(N)nc1-c1ccc(C(O)C(O)CC(N)=O)cc1. The van der Waals surface area contributed by atoms with Crippen LogP contribution in [0, 0.1) is 6.92 Å². The largest absolute Gasteiger partial charge is 0.390 e. The number of hydrogen-bond acceptors (Lipinski definition) is 6. The Morgan fingerprint density at radius 3 is 2.43 bits per heavy atom. The topological polar surface area (TPSA) is 122 Å². The number of nitrogens with two attached hydrogens (primary N) is 2. The Morgan fingerprint density at radius 2 is 1.95 bits per heavy atom. The van der Waals surface area contributed by atoms with Crippen LogP contribution >= 0.6 is 11.3 Å². The van der Waals surface area contributed by atoms with Gasteiger partial charge < -0.3 is 21.7 Å². The van der Waals surface area contributed by atoms with Crippen LogP contribution in [-0.4, -0.2) is 27.2 Å². The van der Waals surface area contributed by atoms with E-state index in [2.05, 4.69) is 4.98 Å². The number of rotatable bonds is 5. The van der Waals surface area contributed by atoms with Crippen LogP contribution in [0.5, 0.6) is 0 Å². The third-order valence-corrected chi connectivity index (χ3v) is 3.91. The van der Waals surface area contributed by atoms with E-state index in [1.165, 1.54) is 11.3 Å². The van der Waals surface area contributed by atoms with E-state index < -0.39 is 18.1 Å². The minimum absolute atomic E-state index is 0.287. The summed E-state index contributed by atoms with van der Waals surface area (Å²) in [5.41, 5.74) is 12.9. The average Bonchev–Trinajstić information content (AvgIpc) is 2.76. The zero-order valence-corrected chi connectivity index (χ0v) is 12.3. The standard InChI is InChI=1S/C14H17N3O3S/c1-7-12(17-14(16)21-7)8-2-4-9(5-3-8)13(20)10(18)6-11(15)19/h2-5,10,13,18,20H,6H2,1H3,(H2,15,19)(H2,16,17). The van der Waals surface area contributed by atoms with E-state index >= 15 is 0 Å². The molecule has 0 aliphatic heterocycles. The molecule has 1 aromatic heterocycles. The summed E-state index contributed by atoms with van der Waals surface area (Å²) in [4.78, 5) is 16.0. The summed E-state index contributed by atoms with van der Waals surface area (Å²) in [6.45, 7) is 1.93. The lowest BCUT2D eigenvalue weighted by Crippen LogP contribution is -2.25. The number of carbonyl (C=O) groups excluding carboxylic acids is 1. The maximum absolute atomic E-state index is 10.8. The monoisotopic (exact) mass is 307 g/mol. The molecule has 0 spiro atoms. The van der Waals surface area contributed by atoms with Crippen molar-refractivity contribution in [3.63, 3.8) is 0 Å². The molecule has 0 aliphatic rings. The van der Waals surface area contributed by atoms with E-state index in [0.717, 1.165) is 16.1 Å². The number of aliphatic hydroxyl groups excluding tert-OH is 2. The molecule has 6 nitrogen and oxygen atoms in total. The van der Waals surface area contributed by atoms with Gasteiger partial charge in [0.1, 0.15) is 6.10 Å². The first-order valence-electron chi connectivity index (χ1n) is 6.36. The molecule has 0 saturated carbocycles. The Morgan fingerprint density at radius 1 is 1.33 bits per heavy atom. The number of nitrogens with zero attached hydrogens (tertiary/aromatic N) is 1. The highest BCUT2D eigenvalue weighted by Crippen LogP contribution is 2.30. The molecule has 0 radical (unpaired) electrons. The van der Waals surface area contributed by atoms with Gasteiger partial charge in [0.15, 0.2) is 5.13 Å². The number of nitrogen functional groups attached to an aromatic ring is 1. The van der Waals surface area contributed by atoms with Gasteiger partial charge in [-0.1, -0.05) is 24.3 Å². The molecule has 2 rings (SSSR count). The van der Waals surface area contributed by atoms with Crippen molar-refractivity contribution in [3.05, 3.63) is 34.7 Å². The van der Waals surface area contributed by atoms with Crippen molar-refractivity contribution in [2.24, 2.45) is 5.73 Å². The van der Waals surface area contributed by atoms with Gasteiger partial charge in [0.2, 0.25) is 5.91 Å². The van der Waals surface area contributed by atoms with E-state index in [0.29, 0.717) is 10.7 Å². The van der Waals surface area contributed by atoms with Crippen molar-refractivity contribution in [1.82, 2.24) is 4.98 Å². The summed E-state index contributed by atoms with van der Waals surface area (Å²) >= 11 is 1.41. The van der Waals surface area contributed by atoms with Crippen LogP contribution in [0.4, 0.5) is 5.13 Å². The highest BCUT2D eigenvalue weighted by atomic mass is 32.1. The first-order valence-corrected chi connectivity index (χ1v) is 7.18. The molecule has 1 heterocycles. The van der Waals surface area contributed by atoms with Gasteiger partial charge in [-0.2, -0.15) is 0 Å². The number of carbonyl (C=O) groups is 1. The fraction of sp³-hybridized carbons (Fsp3) is 0.286. The predicted octanol–water partition coefficient (Wildman–Crippen LogP) is 0.970. The summed E-state index contributed by atoms with van der Waals surface area (Å²) in [6, 6.07) is 6.94. The molecule has 21 heavy (non-hydrogen) atoms. The van der Waals surface area contributed by atoms with Crippen molar-refractivity contribution < 1.29 is 15.0 Å². The molecular weight excluding hydrogens is 290 g/mol. The number of hydrogen-bond donors (Lipinski definition) is 4. The number of thiazole rings is 1. The second kappa shape index (κ2) is 6.21. The van der Waals surface area contributed by atoms with E-state index in [1.54, 1.807) is 24.3 Å². The second-order valence-corrected chi connectivity index (χ2v) is 6.00. The van der Waals surface area contributed by atoms with Crippen LogP contribution in [0.25, 0.3) is 11.3 Å². The number of benzene rings is 1. The fourth-order valence-electron chi connectivity index (χ4n) is 2.06. The average molecular weight is 307 g/mol. The number of primary amides is 1. The van der Waals surface area contributed by atoms with E-state index in [-0.39, 0.29) is 6.42 Å². The highest BCUT2D eigenvalue weighted by molar-refractivity contribution is 7.15. The normalized spacial score (nSPS) is 13.9. The Labute approximate surface area is 126 Å². The Hall–Kier alpha value is -1.96. The molecule has 112 valence electrons. The Bertz CT molecular complexity index is 639. The molecule has 0 bridgehead atoms. The Kier molecular flexibility index (Phi) is 4.56. The first kappa shape index (κ1) is 15.4. The molecule has 2 unspecified atom stereocenters. The van der Waals surface area contributed by atoms with Crippen LogP contribution in [0.1, 0.15) is 23.0 Å². The lowest BCUT2D eigenvalue weighted by Gasteiger charge is -2.17. The van der Waals surface area contributed by atoms with Gasteiger partial charge in [0.05, 0.1) is 18.2 Å². The molecule has 1 aromatic carbocycles. The van der Waals surface area contributed by atoms with Crippen LogP contribution in [0.2, 0.25) is 0 Å². The second-order valence-electron chi connectivity index (χ2n) is 4.76. The minimum atomic E-state index is -1.22. The first-order chi connectivity index (χ1) is 9.88. The van der Waals surface area contributed by atoms with Crippen LogP contribution < -0.4 is 11.5 Å². The third kappa shape index (κ3) is 3.57. The summed E-state index contributed by atoms with van der Waals surface area (Å²) in [6.07, 6.45) is -2.66. The summed E-state index contributed by atoms with van der Waals surface area (Å²) in [5.74, 6) is -0.660. The fourth-order valence-corrected chi connectivity index (χ4v) is 2.77. The zero-order chi connectivity index (χ0) is 15.6. The lowest BCUT2D eigenvalue weighted by atomic mass is 10.00. The van der Waals surface area contributed by atoms with Crippen LogP contribution in [0.15, 0.2) is 24.3 Å². The summed E-state index contributed by atoms with van der Waals surface area (Å²) in [5, 5.41) is 20.2. The lowest BCUT2D eigenvalue weighted by molar-refractivity contribution is -0.121. The van der Waals surface area contributed by atoms with Crippen molar-refractivity contribution >= 4 is 22.4 Å². The van der Waals surface area contributed by atoms with Gasteiger partial charge >= 0.3 is 0 Å². The van der Waals surface area contributed by atoms with Gasteiger partial charge in [0, 0.05) is 10.4 Å². The molecule has 1 amide bonds. The van der Waals surface area contributed by atoms with Crippen LogP contribution in [0.3, 0.4) is 0 Å². The van der Waals surface area contributed by atoms with Gasteiger partial charge in [-0.3, -0.25) is 4.79 Å². The smallest absolute Gasteiger partial charge is 0.220 e. The van der Waals surface area contributed by atoms with Gasteiger partial charge in [0.25, 0.3) is 0 Å². The van der Waals surface area contributed by atoms with Gasteiger partial charge in [-0.05, 0) is 12.5 Å². The predicted molar refractivity (Wildman–Crippen MR) is 81.5 cm³/mol. The van der Waals surface area contributed by atoms with E-state index in [1.807, 2.05) is 6.92 Å². The van der Waals surface area contributed by atoms with E-state index in [4.69, 9.17) is 11.5 Å². The third-order valence-electron chi connectivity index (χ3n) is 3.11. The van der Waals surface area contributed by atoms with Crippen molar-refractivity contribution in [2.45, 2.75) is 25.6 Å². The molecular formula is C14H17N3O3S. The number of aliphatic hydroxyl groups is 2. The van der Waals surface area contributed by atoms with Crippen molar-refractivity contribution in [2.75, 3.05) is 5.73 Å². The maximum atomic E-state index is 10.8. The van der Waals surface area contributed by atoms with Crippen molar-refractivity contribution in [3.8, 4) is 11.3 Å². The highest BCUT2D eigenvalue weighted by Gasteiger charge is 2.20. The minimum Gasteiger partial charge on any atom is -0.390 e. The number of amides is 1. The molecule has 6 N–H and O–H groups in total. The number of aryl methyl sites for hydroxylation is 1. The molecule has 7 heteroatoms. The molecule has 0 saturated heterocycles. The molecule has 2 aromatic rings. The summed E-state index contributed by atoms with van der Waals surface area (Å²) < 4.78 is 0. The molecule has 0 fully saturated rings. The number of aromatic nitrogens is 1. The van der Waals surface area contributed by atoms with Gasteiger partial charge in [-0.15, -0.1) is 11.3 Å². The Balaban J connectivity index is 2.19. The molecule has 2 atom stereocenters. The number of anilines is 1.